The summed E-state index contributed by atoms with van der Waals surface area (Å²) in [6.07, 6.45) is 6.15. The first-order chi connectivity index (χ1) is 53.0. The Morgan fingerprint density at radius 1 is 0.144 bits per heavy atom. The van der Waals surface area contributed by atoms with Crippen molar-refractivity contribution in [1.29, 1.82) is 0 Å². The van der Waals surface area contributed by atoms with Crippen LogP contribution in [0.5, 0.6) is 0 Å². The molecule has 736 valence electrons. The summed E-state index contributed by atoms with van der Waals surface area (Å²) in [4.78, 5) is 0. The monoisotopic (exact) mass is 2950 g/mol. The fraction of sp³-hybridized carbons (Fsp3) is 0.342. The molecule has 8 heterocycles. The number of aryl methyl sites for hydroxylation is 8. The van der Waals surface area contributed by atoms with Gasteiger partial charge < -0.3 is 72.5 Å². The van der Waals surface area contributed by atoms with Gasteiger partial charge in [-0.2, -0.15) is 0 Å². The molecule has 0 atom stereocenters. The molecule has 0 spiro atoms. The number of furan rings is 8. The zero-order valence-electron chi connectivity index (χ0n) is 81.1. The van der Waals surface area contributed by atoms with E-state index in [4.69, 9.17) is 35.3 Å². The molecule has 0 saturated heterocycles. The molecule has 8 aromatic heterocycles. The second kappa shape index (κ2) is 98.1. The summed E-state index contributed by atoms with van der Waals surface area (Å²) in [6.45, 7) is 45.3. The van der Waals surface area contributed by atoms with E-state index in [1.165, 1.54) is 76.8 Å². The average molecular weight is 2950 g/mol. The largest absolute Gasteiger partial charge is 0.456 e. The molecule has 20 rings (SSSR count). The molecule has 0 unspecified atom stereocenters. The first-order valence-corrected chi connectivity index (χ1v) is 40.2. The van der Waals surface area contributed by atoms with Crippen LogP contribution in [0.4, 0.5) is 0 Å². The first-order valence-electron chi connectivity index (χ1n) is 40.2. The van der Waals surface area contributed by atoms with Crippen LogP contribution in [-0.2, 0) is 496 Å². The third-order valence-corrected chi connectivity index (χ3v) is 19.4. The van der Waals surface area contributed by atoms with Gasteiger partial charge in [-0.3, -0.25) is 0 Å². The van der Waals surface area contributed by atoms with Crippen molar-refractivity contribution in [1.82, 2.24) is 0 Å². The Labute approximate surface area is 1200 Å². The van der Waals surface area contributed by atoms with Gasteiger partial charge >= 0.3 is 0 Å². The smallest absolute Gasteiger partial charge is 0.178 e. The van der Waals surface area contributed by atoms with Gasteiger partial charge in [0, 0.05) is 556 Å². The fourth-order valence-corrected chi connectivity index (χ4v) is 14.1. The summed E-state index contributed by atoms with van der Waals surface area (Å²) < 4.78 is 48.7. The van der Waals surface area contributed by atoms with E-state index in [2.05, 4.69) is 225 Å². The summed E-state index contributed by atoms with van der Waals surface area (Å²) in [5, 5.41) is 18.5. The van der Waals surface area contributed by atoms with Crippen LogP contribution in [0.1, 0.15) is 272 Å². The average Bonchev–Trinajstić information content (AvgIpc) is 1.53. The third-order valence-electron chi connectivity index (χ3n) is 19.4. The molecule has 0 N–H and O–H groups in total. The van der Waals surface area contributed by atoms with Crippen molar-refractivity contribution in [3.63, 3.8) is 0 Å². The standard InChI is InChI=1S/2C22H18O2.2C21H16O2.7C2H6.12CH4.5CH3.14Y/c1-3-13-5-9-19-17(11-13)15-7-8-16-18-12-14(4-2)6-10-20(18)24-22(16)21(15)23-19;1-3-13-5-7-19-15(9-13)17-11-18-16-10-14(4-2)6-8-20(16)24-22(18)12-21(17)23-19;1-3-13-5-9-19-17(11-13)15-7-6-14-16-10-12(2)4-8-18(16)22-20(14)21(15)23-19;1-3-13-5-7-19-15(9-13)17-10-16-14-8-12(2)4-6-18(14)22-20(16)11-21(17)23-19;7*1-2;;;;;;;;;;;;;;;;;;;;;;;;;;;;;;;/h2*5-12H,3-4H2,1-2H3;2*4-11H,3H2,1-2H3;7*1-2H3;12*1H4;5*1H3;;;;;;;;;;;;;;/q;;;;;;;;;;;;;;;;;;;;;;;5*-1;;;;;;;;;;;;;;. The van der Waals surface area contributed by atoms with E-state index in [-0.39, 0.29) is 584 Å². The van der Waals surface area contributed by atoms with Crippen molar-refractivity contribution in [3.8, 4) is 0 Å². The Hall–Kier alpha value is 4.49. The fourth-order valence-electron chi connectivity index (χ4n) is 14.1. The topological polar surface area (TPSA) is 105 Å². The van der Waals surface area contributed by atoms with Crippen LogP contribution >= 0.6 is 0 Å². The van der Waals surface area contributed by atoms with Crippen LogP contribution in [0.3, 0.4) is 0 Å². The molecule has 0 aliphatic rings. The molecule has 0 bridgehead atoms. The van der Waals surface area contributed by atoms with Crippen molar-refractivity contribution >= 4 is 176 Å². The minimum atomic E-state index is 0. The van der Waals surface area contributed by atoms with Crippen molar-refractivity contribution in [2.24, 2.45) is 0 Å². The molecule has 12 aromatic carbocycles. The third kappa shape index (κ3) is 44.8. The minimum absolute atomic E-state index is 0. The van der Waals surface area contributed by atoms with Gasteiger partial charge in [-0.15, -0.1) is 0 Å². The Kier molecular flexibility index (Phi) is 139. The van der Waals surface area contributed by atoms with Crippen LogP contribution in [0.15, 0.2) is 229 Å². The molecular weight excluding hydrogens is 2780 g/mol. The molecule has 14 radical (unpaired) electrons. The van der Waals surface area contributed by atoms with Crippen LogP contribution in [-0.4, -0.2) is 0 Å². The van der Waals surface area contributed by atoms with Crippen LogP contribution in [0, 0.1) is 51.0 Å². The maximum absolute atomic E-state index is 6.16. The van der Waals surface area contributed by atoms with Gasteiger partial charge in [-0.25, -0.2) is 0 Å². The van der Waals surface area contributed by atoms with Gasteiger partial charge in [0.05, 0.1) is 0 Å². The molecule has 0 aliphatic heterocycles. The maximum Gasteiger partial charge on any atom is 0.178 e. The molecule has 0 saturated carbocycles. The first kappa shape index (κ1) is 197. The van der Waals surface area contributed by atoms with Crippen molar-refractivity contribution < 1.29 is 493 Å². The second-order valence-corrected chi connectivity index (χ2v) is 25.2. The van der Waals surface area contributed by atoms with Crippen molar-refractivity contribution in [2.45, 2.75) is 280 Å². The van der Waals surface area contributed by atoms with Crippen LogP contribution in [0.2, 0.25) is 0 Å². The van der Waals surface area contributed by atoms with E-state index >= 15 is 0 Å². The van der Waals surface area contributed by atoms with Gasteiger partial charge in [0.25, 0.3) is 0 Å². The van der Waals surface area contributed by atoms with E-state index < -0.39 is 0 Å². The Balaban J connectivity index is -0.0000000587. The summed E-state index contributed by atoms with van der Waals surface area (Å²) in [5.74, 6) is 0. The number of hydrogen-bond donors (Lipinski definition) is 0. The molecule has 20 aromatic rings. The summed E-state index contributed by atoms with van der Waals surface area (Å²) >= 11 is 0. The van der Waals surface area contributed by atoms with E-state index in [0.717, 1.165) is 182 Å². The predicted octanol–water partition coefficient (Wildman–Crippen LogP) is 43.0. The van der Waals surface area contributed by atoms with Crippen molar-refractivity contribution in [2.75, 3.05) is 0 Å². The Morgan fingerprint density at radius 3 is 0.439 bits per heavy atom. The van der Waals surface area contributed by atoms with Gasteiger partial charge in [0.15, 0.2) is 22.3 Å². The van der Waals surface area contributed by atoms with Crippen LogP contribution < -0.4 is 0 Å². The molecule has 0 fully saturated rings. The van der Waals surface area contributed by atoms with E-state index in [1.54, 1.807) is 0 Å². The molecule has 139 heavy (non-hydrogen) atoms. The number of hydrogen-bond acceptors (Lipinski definition) is 8. The molecule has 22 heteroatoms. The normalized spacial score (nSPS) is 8.47. The van der Waals surface area contributed by atoms with E-state index in [1.807, 2.05) is 121 Å². The van der Waals surface area contributed by atoms with E-state index in [0.29, 0.717) is 0 Å². The summed E-state index contributed by atoms with van der Waals surface area (Å²) in [7, 11) is 0. The van der Waals surface area contributed by atoms with Gasteiger partial charge in [-0.1, -0.05) is 287 Å². The van der Waals surface area contributed by atoms with Crippen molar-refractivity contribution in [3.05, 3.63) is 276 Å². The molecule has 0 aliphatic carbocycles. The van der Waals surface area contributed by atoms with E-state index in [9.17, 15) is 0 Å². The Bertz CT molecular complexity index is 6290. The zero-order valence-corrected chi connectivity index (χ0v) is 121. The SMILES string of the molecule is C.C.C.C.C.C.C.C.C.C.C.C.CC.CC.CC.CC.CC.CC.CC.CCc1ccc2oc3c(ccc4c5cc(C)ccc5oc43)c2c1.CCc1ccc2oc3c(ccc4c5cc(CC)ccc5oc43)c2c1.CCc1ccc2oc3cc4oc5ccc(C)cc5c4cc3c2c1.CCc1ccc2oc3cc4oc5ccc(CC)cc5c4cc3c2c1.[CH3-].[CH3-].[CH3-].[CH3-].[CH3-].[Y].[Y].[Y].[Y].[Y].[Y].[Y].[Y].[Y].[Y].[Y].[Y].[Y].[Y]. The summed E-state index contributed by atoms with van der Waals surface area (Å²) in [5.41, 5.74) is 24.8. The van der Waals surface area contributed by atoms with Crippen LogP contribution in [0.25, 0.3) is 176 Å². The maximum atomic E-state index is 6.16. The number of fused-ring (bicyclic) bond motifs is 26. The molecular formula is C117H173O8Y14-5. The van der Waals surface area contributed by atoms with Gasteiger partial charge in [-0.05, 0) is 219 Å². The van der Waals surface area contributed by atoms with Gasteiger partial charge in [0.1, 0.15) is 67.0 Å². The Morgan fingerprint density at radius 2 is 0.273 bits per heavy atom. The number of rotatable bonds is 6. The molecule has 8 nitrogen and oxygen atoms in total. The molecule has 0 amide bonds. The second-order valence-electron chi connectivity index (χ2n) is 25.2. The summed E-state index contributed by atoms with van der Waals surface area (Å²) in [6, 6.07) is 68.3. The number of benzene rings is 12. The zero-order chi connectivity index (χ0) is 77.6. The predicted molar refractivity (Wildman–Crippen MR) is 582 cm³/mol. The van der Waals surface area contributed by atoms with Gasteiger partial charge in [0.2, 0.25) is 0 Å². The minimum Gasteiger partial charge on any atom is -0.456 e. The quantitative estimate of drug-likeness (QED) is 0.152.